The molecule has 2 N–H and O–H groups in total. The first-order valence-corrected chi connectivity index (χ1v) is 9.68. The summed E-state index contributed by atoms with van der Waals surface area (Å²) in [6.45, 7) is 9.74. The van der Waals surface area contributed by atoms with Crippen LogP contribution in [-0.2, 0) is 0 Å². The molecule has 0 radical (unpaired) electrons. The highest BCUT2D eigenvalue weighted by Gasteiger charge is 2.12. The molecule has 27 heavy (non-hydrogen) atoms. The number of thiocarbonyl (C=S) groups is 1. The van der Waals surface area contributed by atoms with Crippen LogP contribution in [-0.4, -0.2) is 24.9 Å². The van der Waals surface area contributed by atoms with Crippen LogP contribution in [0.1, 0.15) is 39.3 Å². The van der Waals surface area contributed by atoms with Gasteiger partial charge in [0.05, 0.1) is 25.9 Å². The Morgan fingerprint density at radius 2 is 1.63 bits per heavy atom. The van der Waals surface area contributed by atoms with Crippen LogP contribution in [0.15, 0.2) is 42.5 Å². The van der Waals surface area contributed by atoms with Crippen LogP contribution in [0.3, 0.4) is 0 Å². The van der Waals surface area contributed by atoms with E-state index in [0.29, 0.717) is 24.9 Å². The third-order valence-corrected chi connectivity index (χ3v) is 4.04. The maximum atomic E-state index is 5.70. The Labute approximate surface area is 167 Å². The zero-order valence-corrected chi connectivity index (χ0v) is 17.2. The zero-order valence-electron chi connectivity index (χ0n) is 16.4. The minimum atomic E-state index is 0.00922. The van der Waals surface area contributed by atoms with Crippen LogP contribution in [0.25, 0.3) is 0 Å². The first kappa shape index (κ1) is 20.8. The standard InChI is InChI=1S/C21H28N2O3S/c1-5-24-18-10-8-9-17(14-18)23-21(27)22-15(4)16-11-12-19(25-6-2)20(13-16)26-7-3/h8-15H,5-7H2,1-4H3,(H2,22,23,27). The molecule has 0 fully saturated rings. The van der Waals surface area contributed by atoms with Gasteiger partial charge in [0.1, 0.15) is 5.75 Å². The average Bonchev–Trinajstić information content (AvgIpc) is 2.64. The largest absolute Gasteiger partial charge is 0.494 e. The summed E-state index contributed by atoms with van der Waals surface area (Å²) in [5, 5.41) is 7.04. The van der Waals surface area contributed by atoms with E-state index >= 15 is 0 Å². The lowest BCUT2D eigenvalue weighted by Crippen LogP contribution is -2.30. The van der Waals surface area contributed by atoms with E-state index in [4.69, 9.17) is 26.4 Å². The summed E-state index contributed by atoms with van der Waals surface area (Å²) in [5.41, 5.74) is 1.95. The Balaban J connectivity index is 2.03. The van der Waals surface area contributed by atoms with Gasteiger partial charge in [-0.1, -0.05) is 12.1 Å². The van der Waals surface area contributed by atoms with Gasteiger partial charge in [0.15, 0.2) is 16.6 Å². The van der Waals surface area contributed by atoms with Crippen molar-refractivity contribution in [3.05, 3.63) is 48.0 Å². The van der Waals surface area contributed by atoms with Crippen molar-refractivity contribution in [3.63, 3.8) is 0 Å². The van der Waals surface area contributed by atoms with Crippen LogP contribution in [0.5, 0.6) is 17.2 Å². The van der Waals surface area contributed by atoms with Gasteiger partial charge in [0.25, 0.3) is 0 Å². The van der Waals surface area contributed by atoms with E-state index in [9.17, 15) is 0 Å². The molecule has 0 aliphatic carbocycles. The van der Waals surface area contributed by atoms with Crippen LogP contribution < -0.4 is 24.8 Å². The van der Waals surface area contributed by atoms with E-state index in [-0.39, 0.29) is 6.04 Å². The Morgan fingerprint density at radius 3 is 2.33 bits per heavy atom. The lowest BCUT2D eigenvalue weighted by atomic mass is 10.1. The van der Waals surface area contributed by atoms with Crippen LogP contribution in [0.2, 0.25) is 0 Å². The highest BCUT2D eigenvalue weighted by atomic mass is 32.1. The fourth-order valence-corrected chi connectivity index (χ4v) is 2.91. The summed E-state index contributed by atoms with van der Waals surface area (Å²) >= 11 is 5.45. The molecule has 0 amide bonds. The molecule has 0 bridgehead atoms. The van der Waals surface area contributed by atoms with Gasteiger partial charge in [-0.3, -0.25) is 0 Å². The summed E-state index contributed by atoms with van der Waals surface area (Å²) in [7, 11) is 0. The van der Waals surface area contributed by atoms with Crippen molar-refractivity contribution in [2.45, 2.75) is 33.7 Å². The second kappa shape index (κ2) is 10.6. The average molecular weight is 389 g/mol. The van der Waals surface area contributed by atoms with Crippen molar-refractivity contribution in [2.24, 2.45) is 0 Å². The second-order valence-electron chi connectivity index (χ2n) is 5.85. The van der Waals surface area contributed by atoms with E-state index in [1.54, 1.807) is 0 Å². The number of hydrogen-bond donors (Lipinski definition) is 2. The monoisotopic (exact) mass is 388 g/mol. The van der Waals surface area contributed by atoms with Crippen molar-refractivity contribution in [3.8, 4) is 17.2 Å². The SMILES string of the molecule is CCOc1cccc(NC(=S)NC(C)c2ccc(OCC)c(OCC)c2)c1. The van der Waals surface area contributed by atoms with E-state index in [2.05, 4.69) is 17.6 Å². The molecule has 0 aromatic heterocycles. The molecular weight excluding hydrogens is 360 g/mol. The number of rotatable bonds is 9. The maximum Gasteiger partial charge on any atom is 0.171 e. The van der Waals surface area contributed by atoms with Crippen molar-refractivity contribution in [1.29, 1.82) is 0 Å². The fourth-order valence-electron chi connectivity index (χ4n) is 2.61. The second-order valence-corrected chi connectivity index (χ2v) is 6.26. The van der Waals surface area contributed by atoms with Gasteiger partial charge >= 0.3 is 0 Å². The molecule has 0 saturated carbocycles. The first-order chi connectivity index (χ1) is 13.1. The Kier molecular flexibility index (Phi) is 8.20. The van der Waals surface area contributed by atoms with Crippen LogP contribution >= 0.6 is 12.2 Å². The van der Waals surface area contributed by atoms with Crippen molar-refractivity contribution >= 4 is 23.0 Å². The zero-order chi connectivity index (χ0) is 19.6. The molecule has 146 valence electrons. The molecule has 2 aromatic rings. The highest BCUT2D eigenvalue weighted by Crippen LogP contribution is 2.30. The molecule has 1 unspecified atom stereocenters. The van der Waals surface area contributed by atoms with Gasteiger partial charge in [-0.05, 0) is 69.7 Å². The van der Waals surface area contributed by atoms with E-state index in [1.165, 1.54) is 0 Å². The van der Waals surface area contributed by atoms with Gasteiger partial charge in [0.2, 0.25) is 0 Å². The Hall–Kier alpha value is -2.47. The minimum Gasteiger partial charge on any atom is -0.494 e. The molecule has 0 saturated heterocycles. The Bertz CT molecular complexity index is 752. The van der Waals surface area contributed by atoms with Gasteiger partial charge in [-0.25, -0.2) is 0 Å². The molecule has 0 spiro atoms. The van der Waals surface area contributed by atoms with Gasteiger partial charge in [0, 0.05) is 11.8 Å². The number of anilines is 1. The van der Waals surface area contributed by atoms with Gasteiger partial charge in [-0.2, -0.15) is 0 Å². The first-order valence-electron chi connectivity index (χ1n) is 9.27. The van der Waals surface area contributed by atoms with Gasteiger partial charge in [-0.15, -0.1) is 0 Å². The molecule has 2 rings (SSSR count). The highest BCUT2D eigenvalue weighted by molar-refractivity contribution is 7.80. The molecule has 0 aliphatic heterocycles. The van der Waals surface area contributed by atoms with Crippen molar-refractivity contribution in [2.75, 3.05) is 25.1 Å². The Morgan fingerprint density at radius 1 is 0.926 bits per heavy atom. The lowest BCUT2D eigenvalue weighted by Gasteiger charge is -2.19. The molecule has 0 heterocycles. The minimum absolute atomic E-state index is 0.00922. The number of hydrogen-bond acceptors (Lipinski definition) is 4. The molecular formula is C21H28N2O3S. The summed E-state index contributed by atoms with van der Waals surface area (Å²) in [6.07, 6.45) is 0. The van der Waals surface area contributed by atoms with Crippen molar-refractivity contribution in [1.82, 2.24) is 5.32 Å². The fraction of sp³-hybridized carbons (Fsp3) is 0.381. The molecule has 6 heteroatoms. The normalized spacial score (nSPS) is 11.4. The quantitative estimate of drug-likeness (QED) is 0.594. The third kappa shape index (κ3) is 6.32. The van der Waals surface area contributed by atoms with E-state index in [0.717, 1.165) is 28.5 Å². The van der Waals surface area contributed by atoms with Crippen LogP contribution in [0.4, 0.5) is 5.69 Å². The molecule has 2 aromatic carbocycles. The topological polar surface area (TPSA) is 51.8 Å². The van der Waals surface area contributed by atoms with Gasteiger partial charge < -0.3 is 24.8 Å². The number of benzene rings is 2. The molecule has 1 atom stereocenters. The smallest absolute Gasteiger partial charge is 0.171 e. The predicted molar refractivity (Wildman–Crippen MR) is 114 cm³/mol. The summed E-state index contributed by atoms with van der Waals surface area (Å²) in [5.74, 6) is 2.31. The van der Waals surface area contributed by atoms with E-state index in [1.807, 2.05) is 63.2 Å². The third-order valence-electron chi connectivity index (χ3n) is 3.82. The predicted octanol–water partition coefficient (Wildman–Crippen LogP) is 4.93. The van der Waals surface area contributed by atoms with Crippen LogP contribution in [0, 0.1) is 0 Å². The molecule has 5 nitrogen and oxygen atoms in total. The lowest BCUT2D eigenvalue weighted by molar-refractivity contribution is 0.287. The maximum absolute atomic E-state index is 5.70. The summed E-state index contributed by atoms with van der Waals surface area (Å²) < 4.78 is 16.8. The molecule has 0 aliphatic rings. The summed E-state index contributed by atoms with van der Waals surface area (Å²) in [4.78, 5) is 0. The van der Waals surface area contributed by atoms with Crippen molar-refractivity contribution < 1.29 is 14.2 Å². The number of nitrogens with one attached hydrogen (secondary N) is 2. The number of ether oxygens (including phenoxy) is 3. The van der Waals surface area contributed by atoms with E-state index < -0.39 is 0 Å². The summed E-state index contributed by atoms with van der Waals surface area (Å²) in [6, 6.07) is 13.7.